The van der Waals surface area contributed by atoms with Gasteiger partial charge in [-0.3, -0.25) is 0 Å². The fraction of sp³-hybridized carbons (Fsp3) is 0.167. The van der Waals surface area contributed by atoms with Crippen LogP contribution in [0.5, 0.6) is 0 Å². The van der Waals surface area contributed by atoms with Gasteiger partial charge in [0.15, 0.2) is 0 Å². The molecule has 0 fully saturated rings. The van der Waals surface area contributed by atoms with Gasteiger partial charge >= 0.3 is 5.97 Å². The number of halogens is 1. The van der Waals surface area contributed by atoms with Crippen LogP contribution in [0.1, 0.15) is 21.5 Å². The Bertz CT molecular complexity index is 593. The number of aryl methyl sites for hydroxylation is 2. The summed E-state index contributed by atoms with van der Waals surface area (Å²) >= 11 is 5.82. The number of carboxylic acid groups (broad SMARTS) is 1. The Morgan fingerprint density at radius 2 is 2.06 bits per heavy atom. The molecule has 82 valence electrons. The Balaban J connectivity index is 2.94. The quantitative estimate of drug-likeness (QED) is 0.773. The van der Waals surface area contributed by atoms with Crippen molar-refractivity contribution in [2.24, 2.45) is 0 Å². The van der Waals surface area contributed by atoms with Gasteiger partial charge in [-0.05, 0) is 31.0 Å². The van der Waals surface area contributed by atoms with E-state index in [9.17, 15) is 4.79 Å². The lowest BCUT2D eigenvalue weighted by Crippen LogP contribution is -2.00. The second-order valence-corrected chi connectivity index (χ2v) is 4.09. The first kappa shape index (κ1) is 10.9. The minimum absolute atomic E-state index is 0.193. The Morgan fingerprint density at radius 3 is 2.69 bits per heavy atom. The molecule has 0 unspecified atom stereocenters. The van der Waals surface area contributed by atoms with Crippen molar-refractivity contribution < 1.29 is 9.90 Å². The van der Waals surface area contributed by atoms with Crippen molar-refractivity contribution >= 4 is 28.5 Å². The zero-order valence-corrected chi connectivity index (χ0v) is 9.67. The smallest absolute Gasteiger partial charge is 0.336 e. The highest BCUT2D eigenvalue weighted by Crippen LogP contribution is 2.25. The van der Waals surface area contributed by atoms with Crippen molar-refractivity contribution in [3.05, 3.63) is 40.0 Å². The van der Waals surface area contributed by atoms with Gasteiger partial charge in [-0.2, -0.15) is 0 Å². The van der Waals surface area contributed by atoms with Crippen LogP contribution in [-0.2, 0) is 0 Å². The zero-order valence-electron chi connectivity index (χ0n) is 8.91. The van der Waals surface area contributed by atoms with Crippen LogP contribution < -0.4 is 0 Å². The van der Waals surface area contributed by atoms with Crippen molar-refractivity contribution in [3.8, 4) is 0 Å². The summed E-state index contributed by atoms with van der Waals surface area (Å²) in [7, 11) is 0. The predicted octanol–water partition coefficient (Wildman–Crippen LogP) is 3.20. The molecule has 0 radical (unpaired) electrons. The molecule has 0 atom stereocenters. The zero-order chi connectivity index (χ0) is 11.9. The summed E-state index contributed by atoms with van der Waals surface area (Å²) in [4.78, 5) is 15.3. The Labute approximate surface area is 97.7 Å². The monoisotopic (exact) mass is 235 g/mol. The van der Waals surface area contributed by atoms with E-state index in [1.54, 1.807) is 6.07 Å². The average Bonchev–Trinajstić information content (AvgIpc) is 2.23. The summed E-state index contributed by atoms with van der Waals surface area (Å²) in [5.41, 5.74) is 2.88. The normalized spacial score (nSPS) is 10.7. The van der Waals surface area contributed by atoms with Crippen LogP contribution in [0.3, 0.4) is 0 Å². The Hall–Kier alpha value is -1.61. The van der Waals surface area contributed by atoms with Crippen molar-refractivity contribution in [2.45, 2.75) is 13.8 Å². The lowest BCUT2D eigenvalue weighted by molar-refractivity contribution is 0.0699. The number of pyridine rings is 1. The summed E-state index contributed by atoms with van der Waals surface area (Å²) in [6.45, 7) is 3.87. The molecular formula is C12H10ClNO2. The number of fused-ring (bicyclic) bond motifs is 1. The summed E-state index contributed by atoms with van der Waals surface area (Å²) in [6, 6.07) is 5.03. The number of rotatable bonds is 1. The van der Waals surface area contributed by atoms with E-state index in [4.69, 9.17) is 16.7 Å². The standard InChI is InChI=1S/C12H10ClNO2/c1-6-3-4-8-9(12(15)16)5-10(13)14-11(8)7(6)2/h3-5H,1-2H3,(H,15,16). The van der Waals surface area contributed by atoms with Gasteiger partial charge in [-0.25, -0.2) is 9.78 Å². The fourth-order valence-corrected chi connectivity index (χ4v) is 1.87. The number of aromatic carboxylic acids is 1. The summed E-state index contributed by atoms with van der Waals surface area (Å²) in [5.74, 6) is -0.988. The van der Waals surface area contributed by atoms with Crippen LogP contribution in [0.4, 0.5) is 0 Å². The first-order valence-electron chi connectivity index (χ1n) is 4.80. The van der Waals surface area contributed by atoms with Gasteiger partial charge in [-0.1, -0.05) is 23.7 Å². The van der Waals surface area contributed by atoms with Gasteiger partial charge in [0.1, 0.15) is 5.15 Å². The highest BCUT2D eigenvalue weighted by atomic mass is 35.5. The number of carboxylic acids is 1. The first-order chi connectivity index (χ1) is 7.50. The van der Waals surface area contributed by atoms with Gasteiger partial charge in [0, 0.05) is 5.39 Å². The third-order valence-corrected chi connectivity index (χ3v) is 2.90. The van der Waals surface area contributed by atoms with Gasteiger partial charge in [0.25, 0.3) is 0 Å². The number of hydrogen-bond acceptors (Lipinski definition) is 2. The number of hydrogen-bond donors (Lipinski definition) is 1. The second kappa shape index (κ2) is 3.76. The molecule has 0 aliphatic heterocycles. The SMILES string of the molecule is Cc1ccc2c(C(=O)O)cc(Cl)nc2c1C. The molecular weight excluding hydrogens is 226 g/mol. The van der Waals surface area contributed by atoms with Crippen LogP contribution in [0.15, 0.2) is 18.2 Å². The van der Waals surface area contributed by atoms with E-state index in [1.807, 2.05) is 19.9 Å². The molecule has 1 aromatic heterocycles. The molecule has 1 N–H and O–H groups in total. The minimum atomic E-state index is -0.988. The van der Waals surface area contributed by atoms with E-state index < -0.39 is 5.97 Å². The number of aromatic nitrogens is 1. The molecule has 0 saturated carbocycles. The van der Waals surface area contributed by atoms with E-state index in [-0.39, 0.29) is 10.7 Å². The molecule has 0 saturated heterocycles. The highest BCUT2D eigenvalue weighted by molar-refractivity contribution is 6.30. The molecule has 0 aliphatic rings. The average molecular weight is 236 g/mol. The highest BCUT2D eigenvalue weighted by Gasteiger charge is 2.13. The summed E-state index contributed by atoms with van der Waals surface area (Å²) < 4.78 is 0. The molecule has 3 nitrogen and oxygen atoms in total. The molecule has 0 aliphatic carbocycles. The predicted molar refractivity (Wildman–Crippen MR) is 63.2 cm³/mol. The van der Waals surface area contributed by atoms with Crippen LogP contribution in [0.25, 0.3) is 10.9 Å². The third kappa shape index (κ3) is 1.63. The molecule has 1 aromatic carbocycles. The van der Waals surface area contributed by atoms with Gasteiger partial charge in [-0.15, -0.1) is 0 Å². The molecule has 4 heteroatoms. The van der Waals surface area contributed by atoms with E-state index in [0.29, 0.717) is 10.9 Å². The fourth-order valence-electron chi connectivity index (χ4n) is 1.68. The van der Waals surface area contributed by atoms with Crippen LogP contribution >= 0.6 is 11.6 Å². The van der Waals surface area contributed by atoms with Crippen molar-refractivity contribution in [1.82, 2.24) is 4.98 Å². The van der Waals surface area contributed by atoms with Crippen molar-refractivity contribution in [3.63, 3.8) is 0 Å². The first-order valence-corrected chi connectivity index (χ1v) is 5.18. The lowest BCUT2D eigenvalue weighted by atomic mass is 10.0. The van der Waals surface area contributed by atoms with E-state index in [0.717, 1.165) is 11.1 Å². The van der Waals surface area contributed by atoms with Gasteiger partial charge in [0.05, 0.1) is 11.1 Å². The largest absolute Gasteiger partial charge is 0.478 e. The molecule has 0 amide bonds. The molecule has 0 bridgehead atoms. The van der Waals surface area contributed by atoms with Crippen LogP contribution in [0.2, 0.25) is 5.15 Å². The Morgan fingerprint density at radius 1 is 1.38 bits per heavy atom. The molecule has 2 aromatic rings. The topological polar surface area (TPSA) is 50.2 Å². The maximum Gasteiger partial charge on any atom is 0.336 e. The van der Waals surface area contributed by atoms with Crippen molar-refractivity contribution in [2.75, 3.05) is 0 Å². The van der Waals surface area contributed by atoms with E-state index >= 15 is 0 Å². The summed E-state index contributed by atoms with van der Waals surface area (Å²) in [5, 5.41) is 9.91. The van der Waals surface area contributed by atoms with E-state index in [2.05, 4.69) is 4.98 Å². The maximum atomic E-state index is 11.1. The van der Waals surface area contributed by atoms with Gasteiger partial charge in [0.2, 0.25) is 0 Å². The molecule has 0 spiro atoms. The number of nitrogens with zero attached hydrogens (tertiary/aromatic N) is 1. The van der Waals surface area contributed by atoms with Crippen LogP contribution in [-0.4, -0.2) is 16.1 Å². The second-order valence-electron chi connectivity index (χ2n) is 3.70. The van der Waals surface area contributed by atoms with Crippen LogP contribution in [0, 0.1) is 13.8 Å². The van der Waals surface area contributed by atoms with Crippen molar-refractivity contribution in [1.29, 1.82) is 0 Å². The molecule has 1 heterocycles. The maximum absolute atomic E-state index is 11.1. The minimum Gasteiger partial charge on any atom is -0.478 e. The van der Waals surface area contributed by atoms with E-state index in [1.165, 1.54) is 6.07 Å². The number of carbonyl (C=O) groups is 1. The lowest BCUT2D eigenvalue weighted by Gasteiger charge is -2.07. The molecule has 16 heavy (non-hydrogen) atoms. The van der Waals surface area contributed by atoms with Gasteiger partial charge < -0.3 is 5.11 Å². The molecule has 2 rings (SSSR count). The Kier molecular flexibility index (Phi) is 2.56. The summed E-state index contributed by atoms with van der Waals surface area (Å²) in [6.07, 6.45) is 0. The number of benzene rings is 1. The third-order valence-electron chi connectivity index (χ3n) is 2.70.